The third kappa shape index (κ3) is 8.72. The Kier molecular flexibility index (Phi) is 11.4. The Balaban J connectivity index is 0.00000432. The van der Waals surface area contributed by atoms with E-state index in [4.69, 9.17) is 21.6 Å². The number of carbonyl (C=O) groups excluding carboxylic acids is 2. The Labute approximate surface area is 213 Å². The van der Waals surface area contributed by atoms with Gasteiger partial charge in [-0.2, -0.15) is 17.4 Å². The molecular weight excluding hydrogens is 500 g/mol. The van der Waals surface area contributed by atoms with E-state index in [0.29, 0.717) is 19.6 Å². The maximum absolute atomic E-state index is 13.3. The zero-order valence-electron chi connectivity index (χ0n) is 20.0. The van der Waals surface area contributed by atoms with Crippen molar-refractivity contribution in [2.45, 2.75) is 44.2 Å². The lowest BCUT2D eigenvalue weighted by molar-refractivity contribution is -0.136. The number of carbonyl (C=O) groups is 2. The van der Waals surface area contributed by atoms with Gasteiger partial charge in [-0.15, -0.1) is 12.4 Å². The van der Waals surface area contributed by atoms with Crippen LogP contribution in [0.5, 0.6) is 0 Å². The standard InChI is InChI=1S/C20H38N8O5S.ClH/c21-5-7-28(16-3-4-16)19(30)17(25-34(31,32)27-8-10-33-11-9-27)12-18(29)24-13-15-2-1-6-26(14-15)20(22)23;/h15-17,25H,1-14,21H2,(H3,22,23)(H,24,29);1H/t15-,17-;/m0./s1. The summed E-state index contributed by atoms with van der Waals surface area (Å²) in [6, 6.07) is -1.19. The van der Waals surface area contributed by atoms with Crippen molar-refractivity contribution in [3.63, 3.8) is 0 Å². The van der Waals surface area contributed by atoms with Crippen LogP contribution in [0.15, 0.2) is 0 Å². The number of nitrogens with one attached hydrogen (secondary N) is 3. The Hall–Kier alpha value is -1.71. The Bertz CT molecular complexity index is 837. The van der Waals surface area contributed by atoms with Gasteiger partial charge in [-0.3, -0.25) is 15.0 Å². The number of piperidine rings is 1. The molecule has 0 bridgehead atoms. The number of nitrogens with two attached hydrogens (primary N) is 2. The van der Waals surface area contributed by atoms with E-state index in [9.17, 15) is 18.0 Å². The number of hydrogen-bond donors (Lipinski definition) is 5. The average Bonchev–Trinajstić information content (AvgIpc) is 3.66. The summed E-state index contributed by atoms with van der Waals surface area (Å²) in [6.45, 7) is 3.16. The van der Waals surface area contributed by atoms with E-state index in [1.165, 1.54) is 4.31 Å². The van der Waals surface area contributed by atoms with Crippen LogP contribution in [0.2, 0.25) is 0 Å². The van der Waals surface area contributed by atoms with Gasteiger partial charge in [0.15, 0.2) is 5.96 Å². The van der Waals surface area contributed by atoms with Gasteiger partial charge in [-0.25, -0.2) is 0 Å². The van der Waals surface area contributed by atoms with Crippen molar-refractivity contribution in [1.29, 1.82) is 5.41 Å². The van der Waals surface area contributed by atoms with Gasteiger partial charge in [-0.1, -0.05) is 0 Å². The van der Waals surface area contributed by atoms with Gasteiger partial charge in [-0.05, 0) is 31.6 Å². The zero-order valence-corrected chi connectivity index (χ0v) is 21.6. The fourth-order valence-corrected chi connectivity index (χ4v) is 5.71. The van der Waals surface area contributed by atoms with Crippen molar-refractivity contribution < 1.29 is 22.7 Å². The second-order valence-electron chi connectivity index (χ2n) is 9.09. The summed E-state index contributed by atoms with van der Waals surface area (Å²) in [7, 11) is -3.98. The SMILES string of the molecule is Cl.N=C(N)N1CCC[C@@H](CNC(=O)C[C@H](NS(=O)(=O)N2CCOCC2)C(=O)N(CCN)C2CC2)C1. The molecule has 35 heavy (non-hydrogen) atoms. The number of morpholine rings is 1. The molecule has 0 unspecified atom stereocenters. The zero-order chi connectivity index (χ0) is 24.7. The quantitative estimate of drug-likeness (QED) is 0.147. The van der Waals surface area contributed by atoms with E-state index in [2.05, 4.69) is 10.0 Å². The number of nitrogens with zero attached hydrogens (tertiary/aromatic N) is 3. The third-order valence-electron chi connectivity index (χ3n) is 6.38. The van der Waals surface area contributed by atoms with E-state index in [1.807, 2.05) is 0 Å². The Morgan fingerprint density at radius 1 is 1.17 bits per heavy atom. The van der Waals surface area contributed by atoms with Crippen LogP contribution in [0.1, 0.15) is 32.1 Å². The van der Waals surface area contributed by atoms with Gasteiger partial charge in [0.1, 0.15) is 6.04 Å². The largest absolute Gasteiger partial charge is 0.379 e. The highest BCUT2D eigenvalue weighted by Crippen LogP contribution is 2.27. The summed E-state index contributed by atoms with van der Waals surface area (Å²) in [6.07, 6.45) is 3.14. The first-order valence-corrected chi connectivity index (χ1v) is 13.4. The molecule has 0 aromatic carbocycles. The minimum atomic E-state index is -3.98. The molecule has 15 heteroatoms. The molecular formula is C20H39ClN8O5S. The predicted octanol–water partition coefficient (Wildman–Crippen LogP) is -2.00. The molecule has 3 aliphatic rings. The first-order valence-electron chi connectivity index (χ1n) is 11.9. The number of ether oxygens (including phenoxy) is 1. The van der Waals surface area contributed by atoms with E-state index in [-0.39, 0.29) is 69.6 Å². The van der Waals surface area contributed by atoms with Crippen molar-refractivity contribution in [2.75, 3.05) is 59.0 Å². The van der Waals surface area contributed by atoms with Crippen LogP contribution in [-0.2, 0) is 24.5 Å². The Morgan fingerprint density at radius 3 is 2.46 bits per heavy atom. The molecule has 2 amide bonds. The van der Waals surface area contributed by atoms with E-state index in [1.54, 1.807) is 9.80 Å². The first kappa shape index (κ1) is 29.5. The molecule has 1 saturated carbocycles. The van der Waals surface area contributed by atoms with Crippen LogP contribution >= 0.6 is 12.4 Å². The van der Waals surface area contributed by atoms with Gasteiger partial charge in [0.25, 0.3) is 10.2 Å². The number of guanidine groups is 1. The van der Waals surface area contributed by atoms with Crippen LogP contribution in [0.4, 0.5) is 0 Å². The van der Waals surface area contributed by atoms with Crippen LogP contribution in [0, 0.1) is 11.3 Å². The highest BCUT2D eigenvalue weighted by Gasteiger charge is 2.39. The number of rotatable bonds is 11. The molecule has 3 rings (SSSR count). The fourth-order valence-electron chi connectivity index (χ4n) is 4.39. The van der Waals surface area contributed by atoms with Crippen LogP contribution in [-0.4, -0.2) is 111 Å². The summed E-state index contributed by atoms with van der Waals surface area (Å²) in [5.41, 5.74) is 11.3. The van der Waals surface area contributed by atoms with Gasteiger partial charge in [0, 0.05) is 51.9 Å². The lowest BCUT2D eigenvalue weighted by Crippen LogP contribution is -2.56. The molecule has 0 aromatic rings. The van der Waals surface area contributed by atoms with Crippen LogP contribution < -0.4 is 21.5 Å². The minimum absolute atomic E-state index is 0. The number of hydrogen-bond acceptors (Lipinski definition) is 7. The Morgan fingerprint density at radius 2 is 1.86 bits per heavy atom. The highest BCUT2D eigenvalue weighted by molar-refractivity contribution is 7.87. The summed E-state index contributed by atoms with van der Waals surface area (Å²) in [5, 5.41) is 10.4. The van der Waals surface area contributed by atoms with Crippen molar-refractivity contribution in [3.8, 4) is 0 Å². The monoisotopic (exact) mass is 538 g/mol. The number of halogens is 1. The lowest BCUT2D eigenvalue weighted by atomic mass is 9.98. The molecule has 1 aliphatic carbocycles. The molecule has 2 heterocycles. The topological polar surface area (TPSA) is 187 Å². The number of likely N-dealkylation sites (tertiary alicyclic amines) is 1. The first-order chi connectivity index (χ1) is 16.2. The maximum Gasteiger partial charge on any atom is 0.280 e. The molecule has 2 aliphatic heterocycles. The molecule has 2 saturated heterocycles. The van der Waals surface area contributed by atoms with E-state index in [0.717, 1.165) is 32.2 Å². The van der Waals surface area contributed by atoms with Crippen molar-refractivity contribution in [1.82, 2.24) is 24.1 Å². The molecule has 202 valence electrons. The minimum Gasteiger partial charge on any atom is -0.379 e. The van der Waals surface area contributed by atoms with Crippen LogP contribution in [0.3, 0.4) is 0 Å². The van der Waals surface area contributed by atoms with Gasteiger partial charge in [0.05, 0.1) is 19.6 Å². The van der Waals surface area contributed by atoms with Crippen molar-refractivity contribution in [2.24, 2.45) is 17.4 Å². The molecule has 0 spiro atoms. The lowest BCUT2D eigenvalue weighted by Gasteiger charge is -2.33. The molecule has 0 aromatic heterocycles. The van der Waals surface area contributed by atoms with Gasteiger partial charge in [0.2, 0.25) is 11.8 Å². The van der Waals surface area contributed by atoms with Crippen molar-refractivity contribution in [3.05, 3.63) is 0 Å². The normalized spacial score (nSPS) is 22.1. The number of amides is 2. The third-order valence-corrected chi connectivity index (χ3v) is 8.00. The highest BCUT2D eigenvalue weighted by atomic mass is 35.5. The summed E-state index contributed by atoms with van der Waals surface area (Å²) in [4.78, 5) is 29.5. The van der Waals surface area contributed by atoms with Crippen LogP contribution in [0.25, 0.3) is 0 Å². The van der Waals surface area contributed by atoms with E-state index < -0.39 is 28.1 Å². The van der Waals surface area contributed by atoms with Gasteiger partial charge >= 0.3 is 0 Å². The molecule has 2 atom stereocenters. The maximum atomic E-state index is 13.3. The summed E-state index contributed by atoms with van der Waals surface area (Å²) >= 11 is 0. The summed E-state index contributed by atoms with van der Waals surface area (Å²) < 4.78 is 34.8. The van der Waals surface area contributed by atoms with Gasteiger partial charge < -0.3 is 31.3 Å². The second-order valence-corrected chi connectivity index (χ2v) is 10.8. The molecule has 0 radical (unpaired) electrons. The predicted molar refractivity (Wildman–Crippen MR) is 133 cm³/mol. The molecule has 13 nitrogen and oxygen atoms in total. The smallest absolute Gasteiger partial charge is 0.280 e. The fraction of sp³-hybridized carbons (Fsp3) is 0.850. The summed E-state index contributed by atoms with van der Waals surface area (Å²) in [5.74, 6) is -0.702. The molecule has 7 N–H and O–H groups in total. The van der Waals surface area contributed by atoms with E-state index >= 15 is 0 Å². The molecule has 3 fully saturated rings. The average molecular weight is 539 g/mol. The second kappa shape index (κ2) is 13.6. The van der Waals surface area contributed by atoms with Crippen molar-refractivity contribution >= 4 is 40.4 Å².